The van der Waals surface area contributed by atoms with Crippen molar-refractivity contribution in [3.05, 3.63) is 0 Å². The van der Waals surface area contributed by atoms with Gasteiger partial charge in [0.2, 0.25) is 5.91 Å². The summed E-state index contributed by atoms with van der Waals surface area (Å²) in [5, 5.41) is 0. The smallest absolute Gasteiger partial charge is 0.226 e. The maximum atomic E-state index is 12.9. The summed E-state index contributed by atoms with van der Waals surface area (Å²) in [6, 6.07) is 0.573. The number of nitrogens with two attached hydrogens (primary N) is 1. The highest BCUT2D eigenvalue weighted by atomic mass is 35.5. The van der Waals surface area contributed by atoms with Gasteiger partial charge < -0.3 is 10.6 Å². The molecule has 0 saturated heterocycles. The molecule has 3 nitrogen and oxygen atoms in total. The fraction of sp³-hybridized carbons (Fsp3) is 0.941. The van der Waals surface area contributed by atoms with Crippen LogP contribution in [0.2, 0.25) is 0 Å². The maximum absolute atomic E-state index is 12.9. The number of halogens is 1. The van der Waals surface area contributed by atoms with Crippen LogP contribution >= 0.6 is 12.4 Å². The van der Waals surface area contributed by atoms with Crippen molar-refractivity contribution < 1.29 is 4.79 Å². The van der Waals surface area contributed by atoms with E-state index in [2.05, 4.69) is 4.90 Å². The molecule has 0 aromatic carbocycles. The third-order valence-corrected chi connectivity index (χ3v) is 5.73. The molecule has 3 aliphatic rings. The molecule has 2 atom stereocenters. The Kier molecular flexibility index (Phi) is 6.36. The average molecular weight is 315 g/mol. The van der Waals surface area contributed by atoms with E-state index in [4.69, 9.17) is 5.73 Å². The minimum Gasteiger partial charge on any atom is -0.339 e. The van der Waals surface area contributed by atoms with Crippen molar-refractivity contribution in [2.45, 2.75) is 70.3 Å². The molecular weight excluding hydrogens is 284 g/mol. The molecule has 0 aliphatic heterocycles. The first-order valence-corrected chi connectivity index (χ1v) is 8.80. The van der Waals surface area contributed by atoms with E-state index in [9.17, 15) is 4.79 Å². The van der Waals surface area contributed by atoms with Crippen molar-refractivity contribution in [1.29, 1.82) is 0 Å². The highest BCUT2D eigenvalue weighted by Gasteiger charge is 2.40. The van der Waals surface area contributed by atoms with E-state index in [1.165, 1.54) is 51.4 Å². The Bertz CT molecular complexity index is 340. The second-order valence-corrected chi connectivity index (χ2v) is 7.26. The fourth-order valence-electron chi connectivity index (χ4n) is 4.31. The number of hydrogen-bond donors (Lipinski definition) is 1. The summed E-state index contributed by atoms with van der Waals surface area (Å²) in [5.41, 5.74) is 5.87. The van der Waals surface area contributed by atoms with Crippen LogP contribution in [0, 0.1) is 17.8 Å². The zero-order chi connectivity index (χ0) is 13.9. The summed E-state index contributed by atoms with van der Waals surface area (Å²) < 4.78 is 0. The molecule has 0 bridgehead atoms. The minimum absolute atomic E-state index is 0. The van der Waals surface area contributed by atoms with Gasteiger partial charge in [-0.3, -0.25) is 4.79 Å². The fourth-order valence-corrected chi connectivity index (χ4v) is 4.31. The van der Waals surface area contributed by atoms with Crippen molar-refractivity contribution in [3.8, 4) is 0 Å². The lowest BCUT2D eigenvalue weighted by molar-refractivity contribution is -0.138. The Balaban J connectivity index is 0.00000161. The molecule has 3 rings (SSSR count). The van der Waals surface area contributed by atoms with Gasteiger partial charge in [0.05, 0.1) is 0 Å². The Hall–Kier alpha value is -0.280. The van der Waals surface area contributed by atoms with Crippen LogP contribution in [0.3, 0.4) is 0 Å². The molecule has 0 radical (unpaired) electrons. The number of nitrogens with zero attached hydrogens (tertiary/aromatic N) is 1. The van der Waals surface area contributed by atoms with E-state index in [0.717, 1.165) is 25.3 Å². The van der Waals surface area contributed by atoms with Gasteiger partial charge in [-0.05, 0) is 56.9 Å². The van der Waals surface area contributed by atoms with Crippen LogP contribution in [0.1, 0.15) is 64.2 Å². The summed E-state index contributed by atoms with van der Waals surface area (Å²) in [5.74, 6) is 1.91. The molecular formula is C17H31ClN2O. The lowest BCUT2D eigenvalue weighted by Crippen LogP contribution is -2.43. The van der Waals surface area contributed by atoms with Crippen molar-refractivity contribution in [2.75, 3.05) is 13.1 Å². The topological polar surface area (TPSA) is 46.3 Å². The van der Waals surface area contributed by atoms with Crippen molar-refractivity contribution in [2.24, 2.45) is 23.5 Å². The van der Waals surface area contributed by atoms with Crippen molar-refractivity contribution in [3.63, 3.8) is 0 Å². The maximum Gasteiger partial charge on any atom is 0.226 e. The molecule has 122 valence electrons. The zero-order valence-corrected chi connectivity index (χ0v) is 14.0. The number of rotatable bonds is 5. The lowest BCUT2D eigenvalue weighted by atomic mass is 9.88. The van der Waals surface area contributed by atoms with Gasteiger partial charge in [0.1, 0.15) is 0 Å². The van der Waals surface area contributed by atoms with Gasteiger partial charge >= 0.3 is 0 Å². The predicted octanol–water partition coefficient (Wildman–Crippen LogP) is 3.35. The van der Waals surface area contributed by atoms with E-state index in [0.29, 0.717) is 24.4 Å². The van der Waals surface area contributed by atoms with Crippen LogP contribution in [0.5, 0.6) is 0 Å². The molecule has 3 fully saturated rings. The molecule has 21 heavy (non-hydrogen) atoms. The van der Waals surface area contributed by atoms with E-state index in [1.54, 1.807) is 0 Å². The van der Waals surface area contributed by atoms with Gasteiger partial charge in [0, 0.05) is 18.5 Å². The van der Waals surface area contributed by atoms with Gasteiger partial charge in [-0.1, -0.05) is 25.7 Å². The van der Waals surface area contributed by atoms with E-state index < -0.39 is 0 Å². The average Bonchev–Trinajstić information content (AvgIpc) is 3.21. The zero-order valence-electron chi connectivity index (χ0n) is 13.1. The summed E-state index contributed by atoms with van der Waals surface area (Å²) in [6.07, 6.45) is 12.7. The monoisotopic (exact) mass is 314 g/mol. The Morgan fingerprint density at radius 3 is 2.29 bits per heavy atom. The second kappa shape index (κ2) is 7.82. The van der Waals surface area contributed by atoms with E-state index in [1.807, 2.05) is 0 Å². The normalized spacial score (nSPS) is 30.0. The highest BCUT2D eigenvalue weighted by Crippen LogP contribution is 2.37. The molecule has 1 amide bonds. The summed E-state index contributed by atoms with van der Waals surface area (Å²) in [6.45, 7) is 1.73. The SMILES string of the molecule is Cl.NC[C@H]1CCC[C@H]1C(=O)N(CC1CCCCC1)C1CC1. The molecule has 4 heteroatoms. The summed E-state index contributed by atoms with van der Waals surface area (Å²) in [4.78, 5) is 15.2. The highest BCUT2D eigenvalue weighted by molar-refractivity contribution is 5.85. The van der Waals surface area contributed by atoms with Crippen LogP contribution in [-0.2, 0) is 4.79 Å². The molecule has 0 aromatic rings. The van der Waals surface area contributed by atoms with Crippen LogP contribution < -0.4 is 5.73 Å². The predicted molar refractivity (Wildman–Crippen MR) is 88.4 cm³/mol. The minimum atomic E-state index is 0. The largest absolute Gasteiger partial charge is 0.339 e. The lowest BCUT2D eigenvalue weighted by Gasteiger charge is -2.33. The molecule has 0 aromatic heterocycles. The second-order valence-electron chi connectivity index (χ2n) is 7.26. The first kappa shape index (κ1) is 17.1. The third kappa shape index (κ3) is 4.13. The molecule has 0 spiro atoms. The van der Waals surface area contributed by atoms with Gasteiger partial charge in [0.25, 0.3) is 0 Å². The van der Waals surface area contributed by atoms with E-state index in [-0.39, 0.29) is 18.3 Å². The van der Waals surface area contributed by atoms with Crippen LogP contribution in [0.15, 0.2) is 0 Å². The number of hydrogen-bond acceptors (Lipinski definition) is 2. The van der Waals surface area contributed by atoms with Crippen LogP contribution in [0.4, 0.5) is 0 Å². The summed E-state index contributed by atoms with van der Waals surface area (Å²) in [7, 11) is 0. The summed E-state index contributed by atoms with van der Waals surface area (Å²) >= 11 is 0. The Morgan fingerprint density at radius 2 is 1.67 bits per heavy atom. The third-order valence-electron chi connectivity index (χ3n) is 5.73. The molecule has 3 aliphatic carbocycles. The van der Waals surface area contributed by atoms with Gasteiger partial charge in [-0.2, -0.15) is 0 Å². The molecule has 0 unspecified atom stereocenters. The molecule has 3 saturated carbocycles. The standard InChI is InChI=1S/C17H30N2O.ClH/c18-11-14-7-4-8-16(14)17(20)19(15-9-10-15)12-13-5-2-1-3-6-13;/h13-16H,1-12,18H2;1H/t14-,16-;/m1./s1. The Labute approximate surface area is 135 Å². The number of carbonyl (C=O) groups excluding carboxylic acids is 1. The van der Waals surface area contributed by atoms with Gasteiger partial charge in [-0.15, -0.1) is 12.4 Å². The number of amides is 1. The number of carbonyl (C=O) groups is 1. The van der Waals surface area contributed by atoms with E-state index >= 15 is 0 Å². The van der Waals surface area contributed by atoms with Crippen LogP contribution in [-0.4, -0.2) is 29.9 Å². The Morgan fingerprint density at radius 1 is 0.952 bits per heavy atom. The van der Waals surface area contributed by atoms with Gasteiger partial charge in [0.15, 0.2) is 0 Å². The quantitative estimate of drug-likeness (QED) is 0.846. The van der Waals surface area contributed by atoms with Crippen molar-refractivity contribution in [1.82, 2.24) is 4.90 Å². The first-order valence-electron chi connectivity index (χ1n) is 8.80. The van der Waals surface area contributed by atoms with Gasteiger partial charge in [-0.25, -0.2) is 0 Å². The van der Waals surface area contributed by atoms with Crippen molar-refractivity contribution >= 4 is 18.3 Å². The molecule has 2 N–H and O–H groups in total. The first-order chi connectivity index (χ1) is 9.79. The van der Waals surface area contributed by atoms with Crippen LogP contribution in [0.25, 0.3) is 0 Å². The molecule has 0 heterocycles.